The molecule has 0 fully saturated rings. The number of halogens is 4. The number of carbonyl (C=O) groups is 1. The zero-order valence-corrected chi connectivity index (χ0v) is 15.9. The minimum atomic E-state index is -4.72. The van der Waals surface area contributed by atoms with Crippen LogP contribution in [0.25, 0.3) is 32.9 Å². The van der Waals surface area contributed by atoms with Gasteiger partial charge in [-0.15, -0.1) is 0 Å². The summed E-state index contributed by atoms with van der Waals surface area (Å²) in [6.07, 6.45) is -4.72. The fraction of sp³-hybridized carbons (Fsp3) is 0.143. The van der Waals surface area contributed by atoms with Crippen molar-refractivity contribution < 1.29 is 22.7 Å². The summed E-state index contributed by atoms with van der Waals surface area (Å²) >= 11 is 5.93. The third-order valence-electron chi connectivity index (χ3n) is 4.52. The average molecular weight is 419 g/mol. The van der Waals surface area contributed by atoms with Gasteiger partial charge in [0.2, 0.25) is 0 Å². The molecular formula is C21H14ClF3N2O2. The molecule has 4 nitrogen and oxygen atoms in total. The van der Waals surface area contributed by atoms with E-state index in [9.17, 15) is 18.0 Å². The Morgan fingerprint density at radius 3 is 2.48 bits per heavy atom. The van der Waals surface area contributed by atoms with Gasteiger partial charge in [-0.1, -0.05) is 41.9 Å². The lowest BCUT2D eigenvalue weighted by molar-refractivity contribution is -0.139. The van der Waals surface area contributed by atoms with Crippen molar-refractivity contribution in [1.29, 1.82) is 0 Å². The Morgan fingerprint density at radius 2 is 1.83 bits per heavy atom. The number of nitrogens with one attached hydrogen (secondary N) is 1. The Hall–Kier alpha value is -3.06. The van der Waals surface area contributed by atoms with Gasteiger partial charge in [0.25, 0.3) is 0 Å². The van der Waals surface area contributed by atoms with E-state index in [2.05, 4.69) is 9.97 Å². The number of fused-ring (bicyclic) bond motifs is 3. The highest BCUT2D eigenvalue weighted by Gasteiger charge is 2.38. The average Bonchev–Trinajstić information content (AvgIpc) is 3.08. The number of aromatic nitrogens is 2. The quantitative estimate of drug-likeness (QED) is 0.401. The molecule has 29 heavy (non-hydrogen) atoms. The number of alkyl halides is 3. The first kappa shape index (κ1) is 19.3. The lowest BCUT2D eigenvalue weighted by Gasteiger charge is -2.12. The molecule has 0 aliphatic rings. The van der Waals surface area contributed by atoms with Gasteiger partial charge in [-0.3, -0.25) is 0 Å². The summed E-state index contributed by atoms with van der Waals surface area (Å²) in [4.78, 5) is 19.3. The van der Waals surface area contributed by atoms with E-state index in [1.165, 1.54) is 6.07 Å². The van der Waals surface area contributed by atoms with Crippen LogP contribution in [0.4, 0.5) is 13.2 Å². The van der Waals surface area contributed by atoms with Crippen molar-refractivity contribution in [3.63, 3.8) is 0 Å². The molecule has 0 saturated heterocycles. The lowest BCUT2D eigenvalue weighted by Crippen LogP contribution is -2.09. The molecule has 0 aliphatic carbocycles. The molecule has 4 aromatic rings. The zero-order valence-electron chi connectivity index (χ0n) is 15.1. The van der Waals surface area contributed by atoms with Gasteiger partial charge < -0.3 is 9.72 Å². The van der Waals surface area contributed by atoms with Crippen LogP contribution >= 0.6 is 11.6 Å². The van der Waals surface area contributed by atoms with Gasteiger partial charge in [0.1, 0.15) is 5.69 Å². The summed E-state index contributed by atoms with van der Waals surface area (Å²) in [5.74, 6) is -0.745. The van der Waals surface area contributed by atoms with E-state index in [0.29, 0.717) is 16.0 Å². The summed E-state index contributed by atoms with van der Waals surface area (Å²) < 4.78 is 46.9. The molecule has 2 aromatic carbocycles. The number of hydrogen-bond acceptors (Lipinski definition) is 3. The van der Waals surface area contributed by atoms with Crippen LogP contribution < -0.4 is 0 Å². The summed E-state index contributed by atoms with van der Waals surface area (Å²) in [5.41, 5.74) is -0.301. The first-order valence-electron chi connectivity index (χ1n) is 8.76. The molecule has 0 saturated carbocycles. The number of aromatic amines is 1. The first-order valence-corrected chi connectivity index (χ1v) is 9.13. The number of benzene rings is 2. The third-order valence-corrected chi connectivity index (χ3v) is 4.78. The highest BCUT2D eigenvalue weighted by molar-refractivity contribution is 6.30. The molecule has 2 aromatic heterocycles. The number of esters is 1. The molecule has 0 bridgehead atoms. The van der Waals surface area contributed by atoms with Gasteiger partial charge >= 0.3 is 12.1 Å². The zero-order chi connectivity index (χ0) is 20.8. The largest absolute Gasteiger partial charge is 0.461 e. The summed E-state index contributed by atoms with van der Waals surface area (Å²) in [6, 6.07) is 12.7. The number of pyridine rings is 1. The molecule has 0 amide bonds. The predicted octanol–water partition coefficient (Wildman–Crippen LogP) is 6.23. The van der Waals surface area contributed by atoms with Crippen molar-refractivity contribution in [2.45, 2.75) is 13.1 Å². The molecule has 4 rings (SSSR count). The van der Waals surface area contributed by atoms with E-state index in [1.54, 1.807) is 49.4 Å². The number of para-hydroxylation sites is 1. The van der Waals surface area contributed by atoms with Crippen molar-refractivity contribution in [1.82, 2.24) is 9.97 Å². The van der Waals surface area contributed by atoms with Crippen LogP contribution in [-0.4, -0.2) is 22.5 Å². The minimum absolute atomic E-state index is 0.0622. The smallest absolute Gasteiger partial charge is 0.434 e. The molecular weight excluding hydrogens is 405 g/mol. The topological polar surface area (TPSA) is 55.0 Å². The van der Waals surface area contributed by atoms with E-state index in [-0.39, 0.29) is 34.3 Å². The van der Waals surface area contributed by atoms with Gasteiger partial charge in [-0.2, -0.15) is 13.2 Å². The Labute approximate surface area is 168 Å². The monoisotopic (exact) mass is 418 g/mol. The van der Waals surface area contributed by atoms with Gasteiger partial charge in [-0.25, -0.2) is 9.78 Å². The van der Waals surface area contributed by atoms with E-state index < -0.39 is 17.8 Å². The van der Waals surface area contributed by atoms with Crippen molar-refractivity contribution in [3.8, 4) is 11.1 Å². The number of rotatable bonds is 3. The van der Waals surface area contributed by atoms with Crippen LogP contribution in [0.1, 0.15) is 23.1 Å². The fourth-order valence-corrected chi connectivity index (χ4v) is 3.49. The molecule has 0 atom stereocenters. The van der Waals surface area contributed by atoms with Crippen LogP contribution in [0.2, 0.25) is 5.02 Å². The predicted molar refractivity (Wildman–Crippen MR) is 105 cm³/mol. The van der Waals surface area contributed by atoms with Crippen LogP contribution in [-0.2, 0) is 10.9 Å². The summed E-state index contributed by atoms with van der Waals surface area (Å²) in [7, 11) is 0. The van der Waals surface area contributed by atoms with Gasteiger partial charge in [0.15, 0.2) is 5.69 Å². The van der Waals surface area contributed by atoms with Gasteiger partial charge in [0.05, 0.1) is 17.6 Å². The lowest BCUT2D eigenvalue weighted by atomic mass is 9.99. The van der Waals surface area contributed by atoms with E-state index in [1.807, 2.05) is 0 Å². The highest BCUT2D eigenvalue weighted by atomic mass is 35.5. The standard InChI is InChI=1S/C21H14ClF3N2O2/c1-2-29-20(28)18-15(11-7-9-12(22)10-8-11)16-17(27-18)13-5-3-4-6-14(13)26-19(16)21(23,24)25/h3-10,27H,2H2,1H3. The maximum Gasteiger partial charge on any atom is 0.434 e. The normalized spacial score (nSPS) is 11.9. The Morgan fingerprint density at radius 1 is 1.14 bits per heavy atom. The summed E-state index contributed by atoms with van der Waals surface area (Å²) in [6.45, 7) is 1.71. The summed E-state index contributed by atoms with van der Waals surface area (Å²) in [5, 5.41) is 0.716. The second-order valence-corrected chi connectivity index (χ2v) is 6.76. The third kappa shape index (κ3) is 3.31. The number of nitrogens with zero attached hydrogens (tertiary/aromatic N) is 1. The number of carbonyl (C=O) groups excluding carboxylic acids is 1. The van der Waals surface area contributed by atoms with Gasteiger partial charge in [-0.05, 0) is 30.7 Å². The molecule has 0 aliphatic heterocycles. The van der Waals surface area contributed by atoms with Crippen molar-refractivity contribution in [2.75, 3.05) is 6.61 Å². The van der Waals surface area contributed by atoms with Crippen LogP contribution in [0.3, 0.4) is 0 Å². The van der Waals surface area contributed by atoms with Crippen molar-refractivity contribution in [2.24, 2.45) is 0 Å². The number of hydrogen-bond donors (Lipinski definition) is 1. The molecule has 0 spiro atoms. The SMILES string of the molecule is CCOC(=O)c1[nH]c2c(c(C(F)(F)F)nc3ccccc32)c1-c1ccc(Cl)cc1. The second kappa shape index (κ2) is 7.08. The molecule has 2 heterocycles. The fourth-order valence-electron chi connectivity index (χ4n) is 3.36. The molecule has 0 radical (unpaired) electrons. The van der Waals surface area contributed by atoms with E-state index >= 15 is 0 Å². The minimum Gasteiger partial charge on any atom is -0.461 e. The molecule has 0 unspecified atom stereocenters. The Balaban J connectivity index is 2.20. The molecule has 148 valence electrons. The maximum absolute atomic E-state index is 14.0. The van der Waals surface area contributed by atoms with Crippen molar-refractivity contribution >= 4 is 39.4 Å². The number of ether oxygens (including phenoxy) is 1. The second-order valence-electron chi connectivity index (χ2n) is 6.33. The van der Waals surface area contributed by atoms with Gasteiger partial charge in [0, 0.05) is 21.4 Å². The Kier molecular flexibility index (Phi) is 4.70. The molecule has 1 N–H and O–H groups in total. The highest BCUT2D eigenvalue weighted by Crippen LogP contribution is 2.43. The first-order chi connectivity index (χ1) is 13.8. The van der Waals surface area contributed by atoms with Crippen LogP contribution in [0.5, 0.6) is 0 Å². The van der Waals surface area contributed by atoms with Crippen molar-refractivity contribution in [3.05, 3.63) is 64.9 Å². The Bertz CT molecular complexity index is 1230. The molecule has 8 heteroatoms. The maximum atomic E-state index is 14.0. The van der Waals surface area contributed by atoms with Crippen LogP contribution in [0, 0.1) is 0 Å². The van der Waals surface area contributed by atoms with E-state index in [0.717, 1.165) is 0 Å². The number of H-pyrrole nitrogens is 1. The van der Waals surface area contributed by atoms with Crippen LogP contribution in [0.15, 0.2) is 48.5 Å². The van der Waals surface area contributed by atoms with E-state index in [4.69, 9.17) is 16.3 Å².